The largest absolute Gasteiger partial charge is 0.373 e. The second-order valence-electron chi connectivity index (χ2n) is 5.17. The van der Waals surface area contributed by atoms with Gasteiger partial charge in [0.1, 0.15) is 5.82 Å². The van der Waals surface area contributed by atoms with Crippen LogP contribution in [-0.4, -0.2) is 18.2 Å². The Morgan fingerprint density at radius 2 is 1.72 bits per heavy atom. The fraction of sp³-hybridized carbons (Fsp3) is 0.571. The molecule has 0 aliphatic carbocycles. The number of hydrogen-bond acceptors (Lipinski definition) is 2. The van der Waals surface area contributed by atoms with Crippen LogP contribution in [0, 0.1) is 5.82 Å². The molecule has 18 heavy (non-hydrogen) atoms. The number of hydrogen-bond donors (Lipinski definition) is 1. The number of rotatable bonds is 3. The zero-order valence-corrected chi connectivity index (χ0v) is 11.1. The Kier molecular flexibility index (Phi) is 4.60. The summed E-state index contributed by atoms with van der Waals surface area (Å²) in [6.45, 7) is 0.602. The SMILES string of the molecule is Cl.Fc1ccc(COC2C[C@H]3CC[C@@H](C2)N3)cc1. The van der Waals surface area contributed by atoms with Gasteiger partial charge in [0.25, 0.3) is 0 Å². The molecule has 3 rings (SSSR count). The first kappa shape index (κ1) is 13.8. The van der Waals surface area contributed by atoms with Crippen molar-refractivity contribution in [2.24, 2.45) is 0 Å². The number of piperidine rings is 1. The van der Waals surface area contributed by atoms with E-state index in [-0.39, 0.29) is 18.2 Å². The molecule has 2 saturated heterocycles. The van der Waals surface area contributed by atoms with Gasteiger partial charge in [0, 0.05) is 12.1 Å². The van der Waals surface area contributed by atoms with Gasteiger partial charge in [-0.1, -0.05) is 12.1 Å². The molecule has 2 heterocycles. The van der Waals surface area contributed by atoms with Gasteiger partial charge in [0.2, 0.25) is 0 Å². The van der Waals surface area contributed by atoms with Crippen LogP contribution in [0.4, 0.5) is 4.39 Å². The molecule has 0 aromatic heterocycles. The average Bonchev–Trinajstić information content (AvgIpc) is 2.68. The number of nitrogens with one attached hydrogen (secondary N) is 1. The molecule has 100 valence electrons. The van der Waals surface area contributed by atoms with Crippen LogP contribution in [0.2, 0.25) is 0 Å². The Hall–Kier alpha value is -0.640. The van der Waals surface area contributed by atoms with E-state index in [0.717, 1.165) is 18.4 Å². The molecule has 2 aliphatic rings. The van der Waals surface area contributed by atoms with E-state index < -0.39 is 0 Å². The maximum atomic E-state index is 12.7. The molecule has 1 N–H and O–H groups in total. The summed E-state index contributed by atoms with van der Waals surface area (Å²) in [6.07, 6.45) is 5.20. The Morgan fingerprint density at radius 3 is 2.33 bits per heavy atom. The lowest BCUT2D eigenvalue weighted by Crippen LogP contribution is -2.41. The molecule has 0 amide bonds. The second-order valence-corrected chi connectivity index (χ2v) is 5.17. The first-order valence-electron chi connectivity index (χ1n) is 6.42. The van der Waals surface area contributed by atoms with E-state index in [2.05, 4.69) is 5.32 Å². The highest BCUT2D eigenvalue weighted by Crippen LogP contribution is 2.28. The highest BCUT2D eigenvalue weighted by molar-refractivity contribution is 5.85. The highest BCUT2D eigenvalue weighted by Gasteiger charge is 2.33. The van der Waals surface area contributed by atoms with Gasteiger partial charge in [-0.3, -0.25) is 0 Å². The minimum absolute atomic E-state index is 0. The Morgan fingerprint density at radius 1 is 1.11 bits per heavy atom. The van der Waals surface area contributed by atoms with Gasteiger partial charge in [0.15, 0.2) is 0 Å². The number of benzene rings is 1. The van der Waals surface area contributed by atoms with Crippen molar-refractivity contribution in [3.05, 3.63) is 35.6 Å². The molecule has 4 heteroatoms. The van der Waals surface area contributed by atoms with Crippen LogP contribution in [-0.2, 0) is 11.3 Å². The third kappa shape index (κ3) is 3.22. The number of ether oxygens (including phenoxy) is 1. The fourth-order valence-electron chi connectivity index (χ4n) is 2.94. The Bertz CT molecular complexity index is 372. The quantitative estimate of drug-likeness (QED) is 0.912. The lowest BCUT2D eigenvalue weighted by molar-refractivity contribution is 0.00915. The zero-order valence-electron chi connectivity index (χ0n) is 10.3. The minimum Gasteiger partial charge on any atom is -0.373 e. The van der Waals surface area contributed by atoms with Crippen molar-refractivity contribution in [3.8, 4) is 0 Å². The van der Waals surface area contributed by atoms with Crippen LogP contribution in [0.25, 0.3) is 0 Å². The molecule has 1 unspecified atom stereocenters. The van der Waals surface area contributed by atoms with E-state index >= 15 is 0 Å². The molecule has 1 aromatic carbocycles. The van der Waals surface area contributed by atoms with E-state index in [9.17, 15) is 4.39 Å². The van der Waals surface area contributed by atoms with Crippen molar-refractivity contribution in [1.82, 2.24) is 5.32 Å². The molecule has 2 bridgehead atoms. The summed E-state index contributed by atoms with van der Waals surface area (Å²) in [4.78, 5) is 0. The van der Waals surface area contributed by atoms with Crippen LogP contribution in [0.5, 0.6) is 0 Å². The van der Waals surface area contributed by atoms with E-state index in [1.165, 1.54) is 25.0 Å². The molecule has 3 atom stereocenters. The van der Waals surface area contributed by atoms with E-state index in [0.29, 0.717) is 24.8 Å². The van der Waals surface area contributed by atoms with Crippen molar-refractivity contribution in [2.45, 2.75) is 50.5 Å². The third-order valence-electron chi connectivity index (χ3n) is 3.83. The van der Waals surface area contributed by atoms with Gasteiger partial charge in [-0.05, 0) is 43.4 Å². The van der Waals surface area contributed by atoms with Crippen molar-refractivity contribution >= 4 is 12.4 Å². The zero-order chi connectivity index (χ0) is 11.7. The van der Waals surface area contributed by atoms with Crippen LogP contribution in [0.3, 0.4) is 0 Å². The van der Waals surface area contributed by atoms with Gasteiger partial charge >= 0.3 is 0 Å². The third-order valence-corrected chi connectivity index (χ3v) is 3.83. The second kappa shape index (κ2) is 6.00. The molecular weight excluding hydrogens is 253 g/mol. The van der Waals surface area contributed by atoms with E-state index in [1.807, 2.05) is 0 Å². The lowest BCUT2D eigenvalue weighted by Gasteiger charge is -2.29. The summed E-state index contributed by atoms with van der Waals surface area (Å²) in [5.74, 6) is -0.186. The minimum atomic E-state index is -0.186. The highest BCUT2D eigenvalue weighted by atomic mass is 35.5. The molecule has 2 nitrogen and oxygen atoms in total. The van der Waals surface area contributed by atoms with Gasteiger partial charge in [0.05, 0.1) is 12.7 Å². The van der Waals surface area contributed by atoms with Crippen molar-refractivity contribution in [3.63, 3.8) is 0 Å². The summed E-state index contributed by atoms with van der Waals surface area (Å²) >= 11 is 0. The Labute approximate surface area is 113 Å². The molecule has 1 aromatic rings. The molecule has 2 aliphatic heterocycles. The smallest absolute Gasteiger partial charge is 0.123 e. The molecule has 0 radical (unpaired) electrons. The summed E-state index contributed by atoms with van der Waals surface area (Å²) in [5, 5.41) is 3.60. The standard InChI is InChI=1S/C14H18FNO.ClH/c15-11-3-1-10(2-4-11)9-17-14-7-12-5-6-13(8-14)16-12;/h1-4,12-14,16H,5-9H2;1H/t12-,13+,14?;. The van der Waals surface area contributed by atoms with Gasteiger partial charge in [-0.2, -0.15) is 0 Å². The molecule has 0 spiro atoms. The van der Waals surface area contributed by atoms with Crippen LogP contribution < -0.4 is 5.32 Å². The normalized spacial score (nSPS) is 29.9. The van der Waals surface area contributed by atoms with Crippen LogP contribution in [0.1, 0.15) is 31.2 Å². The maximum absolute atomic E-state index is 12.7. The van der Waals surface area contributed by atoms with Crippen LogP contribution >= 0.6 is 12.4 Å². The van der Waals surface area contributed by atoms with Crippen molar-refractivity contribution < 1.29 is 9.13 Å². The topological polar surface area (TPSA) is 21.3 Å². The van der Waals surface area contributed by atoms with Gasteiger partial charge in [-0.25, -0.2) is 4.39 Å². The van der Waals surface area contributed by atoms with Crippen molar-refractivity contribution in [2.75, 3.05) is 0 Å². The summed E-state index contributed by atoms with van der Waals surface area (Å²) in [7, 11) is 0. The first-order valence-corrected chi connectivity index (χ1v) is 6.42. The van der Waals surface area contributed by atoms with Crippen molar-refractivity contribution in [1.29, 1.82) is 0 Å². The van der Waals surface area contributed by atoms with Gasteiger partial charge in [-0.15, -0.1) is 12.4 Å². The van der Waals surface area contributed by atoms with E-state index in [4.69, 9.17) is 4.74 Å². The average molecular weight is 272 g/mol. The summed E-state index contributed by atoms with van der Waals surface area (Å²) in [6, 6.07) is 7.89. The van der Waals surface area contributed by atoms with Gasteiger partial charge < -0.3 is 10.1 Å². The number of halogens is 2. The molecule has 2 fully saturated rings. The van der Waals surface area contributed by atoms with Crippen LogP contribution in [0.15, 0.2) is 24.3 Å². The van der Waals surface area contributed by atoms with E-state index in [1.54, 1.807) is 12.1 Å². The summed E-state index contributed by atoms with van der Waals surface area (Å²) in [5.41, 5.74) is 1.05. The number of fused-ring (bicyclic) bond motifs is 2. The Balaban J connectivity index is 0.00000120. The predicted molar refractivity (Wildman–Crippen MR) is 71.4 cm³/mol. The lowest BCUT2D eigenvalue weighted by atomic mass is 10.0. The molecule has 0 saturated carbocycles. The fourth-order valence-corrected chi connectivity index (χ4v) is 2.94. The monoisotopic (exact) mass is 271 g/mol. The first-order chi connectivity index (χ1) is 8.29. The predicted octanol–water partition coefficient (Wildman–Crippen LogP) is 3.05. The maximum Gasteiger partial charge on any atom is 0.123 e. The molecular formula is C14H19ClFNO. The summed E-state index contributed by atoms with van der Waals surface area (Å²) < 4.78 is 18.7.